The molecule has 2 aromatic rings. The fourth-order valence-electron chi connectivity index (χ4n) is 3.22. The molecule has 0 amide bonds. The molecule has 1 aliphatic carbocycles. The van der Waals surface area contributed by atoms with Crippen molar-refractivity contribution < 1.29 is 4.74 Å². The Bertz CT molecular complexity index is 600. The average Bonchev–Trinajstić information content (AvgIpc) is 2.89. The summed E-state index contributed by atoms with van der Waals surface area (Å²) in [5, 5.41) is 0. The van der Waals surface area contributed by atoms with Gasteiger partial charge in [0.05, 0.1) is 22.6 Å². The van der Waals surface area contributed by atoms with Crippen LogP contribution in [0.4, 0.5) is 0 Å². The zero-order valence-corrected chi connectivity index (χ0v) is 13.7. The summed E-state index contributed by atoms with van der Waals surface area (Å²) in [6.07, 6.45) is 6.51. The zero-order chi connectivity index (χ0) is 14.1. The summed E-state index contributed by atoms with van der Waals surface area (Å²) in [6, 6.07) is 4.05. The molecule has 1 aromatic carbocycles. The van der Waals surface area contributed by atoms with E-state index in [9.17, 15) is 0 Å². The van der Waals surface area contributed by atoms with E-state index in [4.69, 9.17) is 9.72 Å². The first-order valence-corrected chi connectivity index (χ1v) is 8.23. The quantitative estimate of drug-likeness (QED) is 0.854. The molecule has 0 spiro atoms. The van der Waals surface area contributed by atoms with Gasteiger partial charge in [0.25, 0.3) is 0 Å². The predicted molar refractivity (Wildman–Crippen MR) is 85.3 cm³/mol. The van der Waals surface area contributed by atoms with Crippen molar-refractivity contribution in [2.45, 2.75) is 44.9 Å². The number of imidazole rings is 1. The molecular formula is C16H21BrN2O. The number of aromatic nitrogens is 2. The van der Waals surface area contributed by atoms with Crippen LogP contribution in [-0.4, -0.2) is 17.1 Å². The Balaban J connectivity index is 1.86. The summed E-state index contributed by atoms with van der Waals surface area (Å²) >= 11 is 3.53. The van der Waals surface area contributed by atoms with E-state index >= 15 is 0 Å². The number of fused-ring (bicyclic) bond motifs is 1. The highest BCUT2D eigenvalue weighted by Gasteiger charge is 2.23. The smallest absolute Gasteiger partial charge is 0.135 e. The van der Waals surface area contributed by atoms with E-state index in [0.29, 0.717) is 5.92 Å². The average molecular weight is 337 g/mol. The van der Waals surface area contributed by atoms with Crippen molar-refractivity contribution in [1.82, 2.24) is 9.97 Å². The molecule has 0 unspecified atom stereocenters. The third kappa shape index (κ3) is 2.58. The molecule has 1 aromatic heterocycles. The van der Waals surface area contributed by atoms with Crippen LogP contribution in [0.1, 0.15) is 50.8 Å². The van der Waals surface area contributed by atoms with Gasteiger partial charge in [-0.2, -0.15) is 0 Å². The molecule has 20 heavy (non-hydrogen) atoms. The second-order valence-corrected chi connectivity index (χ2v) is 6.61. The fraction of sp³-hybridized carbons (Fsp3) is 0.562. The number of methoxy groups -OCH3 is 1. The van der Waals surface area contributed by atoms with E-state index in [1.807, 2.05) is 6.07 Å². The minimum Gasteiger partial charge on any atom is -0.495 e. The molecule has 3 nitrogen and oxygen atoms in total. The van der Waals surface area contributed by atoms with Gasteiger partial charge in [0.2, 0.25) is 0 Å². The molecule has 0 radical (unpaired) electrons. The molecule has 0 atom stereocenters. The number of hydrogen-bond donors (Lipinski definition) is 1. The van der Waals surface area contributed by atoms with Gasteiger partial charge in [-0.05, 0) is 53.6 Å². The lowest BCUT2D eigenvalue weighted by Gasteiger charge is -2.26. The minimum atomic E-state index is 0.593. The number of aromatic amines is 1. The number of rotatable bonds is 3. The van der Waals surface area contributed by atoms with Crippen molar-refractivity contribution in [3.8, 4) is 5.75 Å². The fourth-order valence-corrected chi connectivity index (χ4v) is 3.73. The summed E-state index contributed by atoms with van der Waals surface area (Å²) in [4.78, 5) is 8.27. The number of halogens is 1. The van der Waals surface area contributed by atoms with Gasteiger partial charge in [0, 0.05) is 12.0 Å². The molecular weight excluding hydrogens is 316 g/mol. The molecule has 0 bridgehead atoms. The number of ether oxygens (including phenoxy) is 1. The first kappa shape index (κ1) is 13.9. The van der Waals surface area contributed by atoms with Crippen LogP contribution in [0.25, 0.3) is 11.0 Å². The minimum absolute atomic E-state index is 0.593. The topological polar surface area (TPSA) is 37.9 Å². The molecule has 0 saturated heterocycles. The Morgan fingerprint density at radius 1 is 1.30 bits per heavy atom. The maximum Gasteiger partial charge on any atom is 0.135 e. The largest absolute Gasteiger partial charge is 0.495 e. The molecule has 1 fully saturated rings. The highest BCUT2D eigenvalue weighted by molar-refractivity contribution is 9.10. The zero-order valence-electron chi connectivity index (χ0n) is 12.1. The number of benzene rings is 1. The molecule has 1 heterocycles. The monoisotopic (exact) mass is 336 g/mol. The molecule has 3 rings (SSSR count). The van der Waals surface area contributed by atoms with Crippen LogP contribution in [-0.2, 0) is 0 Å². The lowest BCUT2D eigenvalue weighted by molar-refractivity contribution is 0.313. The standard InChI is InChI=1S/C16H21BrN2O/c1-3-10-4-6-11(7-5-10)16-18-13-8-12(17)15(20-2)9-14(13)19-16/h8-11H,3-7H2,1-2H3,(H,18,19)/t10-,11-. The number of nitrogens with zero attached hydrogens (tertiary/aromatic N) is 1. The predicted octanol–water partition coefficient (Wildman–Crippen LogP) is 5.02. The number of hydrogen-bond acceptors (Lipinski definition) is 2. The van der Waals surface area contributed by atoms with Gasteiger partial charge in [-0.3, -0.25) is 0 Å². The summed E-state index contributed by atoms with van der Waals surface area (Å²) < 4.78 is 6.31. The van der Waals surface area contributed by atoms with E-state index in [0.717, 1.165) is 33.0 Å². The molecule has 1 N–H and O–H groups in total. The normalized spacial score (nSPS) is 23.1. The lowest BCUT2D eigenvalue weighted by Crippen LogP contribution is -2.13. The lowest BCUT2D eigenvalue weighted by atomic mass is 9.80. The van der Waals surface area contributed by atoms with E-state index in [1.165, 1.54) is 32.1 Å². The first-order chi connectivity index (χ1) is 9.71. The van der Waals surface area contributed by atoms with Gasteiger partial charge in [-0.1, -0.05) is 13.3 Å². The van der Waals surface area contributed by atoms with Gasteiger partial charge >= 0.3 is 0 Å². The van der Waals surface area contributed by atoms with Crippen molar-refractivity contribution >= 4 is 27.0 Å². The van der Waals surface area contributed by atoms with Crippen LogP contribution >= 0.6 is 15.9 Å². The molecule has 0 aliphatic heterocycles. The van der Waals surface area contributed by atoms with Crippen LogP contribution in [0.2, 0.25) is 0 Å². The van der Waals surface area contributed by atoms with Crippen LogP contribution in [0.15, 0.2) is 16.6 Å². The summed E-state index contributed by atoms with van der Waals surface area (Å²) in [5.74, 6) is 3.50. The Kier molecular flexibility index (Phi) is 4.01. The Hall–Kier alpha value is -1.03. The highest BCUT2D eigenvalue weighted by atomic mass is 79.9. The van der Waals surface area contributed by atoms with Gasteiger partial charge in [-0.15, -0.1) is 0 Å². The third-order valence-corrected chi connectivity index (χ3v) is 5.20. The van der Waals surface area contributed by atoms with E-state index in [1.54, 1.807) is 7.11 Å². The molecule has 4 heteroatoms. The van der Waals surface area contributed by atoms with Crippen molar-refractivity contribution in [1.29, 1.82) is 0 Å². The van der Waals surface area contributed by atoms with Crippen LogP contribution in [0, 0.1) is 5.92 Å². The summed E-state index contributed by atoms with van der Waals surface area (Å²) in [7, 11) is 1.69. The third-order valence-electron chi connectivity index (χ3n) is 4.58. The Labute approximate surface area is 128 Å². The molecule has 1 saturated carbocycles. The maximum atomic E-state index is 5.34. The highest BCUT2D eigenvalue weighted by Crippen LogP contribution is 2.37. The first-order valence-electron chi connectivity index (χ1n) is 7.44. The number of nitrogens with one attached hydrogen (secondary N) is 1. The Morgan fingerprint density at radius 3 is 2.70 bits per heavy atom. The molecule has 108 valence electrons. The second kappa shape index (κ2) is 5.76. The van der Waals surface area contributed by atoms with Gasteiger partial charge < -0.3 is 9.72 Å². The van der Waals surface area contributed by atoms with Crippen LogP contribution in [0.3, 0.4) is 0 Å². The van der Waals surface area contributed by atoms with E-state index < -0.39 is 0 Å². The maximum absolute atomic E-state index is 5.34. The van der Waals surface area contributed by atoms with Crippen molar-refractivity contribution in [2.75, 3.05) is 7.11 Å². The van der Waals surface area contributed by atoms with Gasteiger partial charge in [0.15, 0.2) is 0 Å². The van der Waals surface area contributed by atoms with E-state index in [-0.39, 0.29) is 0 Å². The summed E-state index contributed by atoms with van der Waals surface area (Å²) in [5.41, 5.74) is 2.09. The van der Waals surface area contributed by atoms with Crippen molar-refractivity contribution in [2.24, 2.45) is 5.92 Å². The Morgan fingerprint density at radius 2 is 2.05 bits per heavy atom. The SMILES string of the molecule is CC[C@H]1CC[C@H](c2nc3cc(OC)c(Br)cc3[nH]2)CC1. The van der Waals surface area contributed by atoms with Crippen molar-refractivity contribution in [3.63, 3.8) is 0 Å². The summed E-state index contributed by atoms with van der Waals surface area (Å²) in [6.45, 7) is 2.30. The number of H-pyrrole nitrogens is 1. The van der Waals surface area contributed by atoms with Gasteiger partial charge in [0.1, 0.15) is 11.6 Å². The van der Waals surface area contributed by atoms with Crippen LogP contribution in [0.5, 0.6) is 5.75 Å². The molecule has 1 aliphatic rings. The van der Waals surface area contributed by atoms with Gasteiger partial charge in [-0.25, -0.2) is 4.98 Å². The van der Waals surface area contributed by atoms with Crippen LogP contribution < -0.4 is 4.74 Å². The second-order valence-electron chi connectivity index (χ2n) is 5.75. The van der Waals surface area contributed by atoms with E-state index in [2.05, 4.69) is 33.9 Å². The van der Waals surface area contributed by atoms with Crippen molar-refractivity contribution in [3.05, 3.63) is 22.4 Å².